The third kappa shape index (κ3) is 4.45. The van der Waals surface area contributed by atoms with Crippen molar-refractivity contribution in [1.82, 2.24) is 0 Å². The van der Waals surface area contributed by atoms with Gasteiger partial charge in [-0.3, -0.25) is 9.79 Å². The van der Waals surface area contributed by atoms with E-state index in [-0.39, 0.29) is 23.9 Å². The summed E-state index contributed by atoms with van der Waals surface area (Å²) in [7, 11) is 1.62. The Morgan fingerprint density at radius 1 is 1.19 bits per heavy atom. The number of esters is 1. The quantitative estimate of drug-likeness (QED) is 0.660. The Bertz CT molecular complexity index is 922. The third-order valence-electron chi connectivity index (χ3n) is 6.48. The minimum absolute atomic E-state index is 0.0518. The molecule has 31 heavy (non-hydrogen) atoms. The summed E-state index contributed by atoms with van der Waals surface area (Å²) >= 11 is 0. The van der Waals surface area contributed by atoms with Gasteiger partial charge in [0.25, 0.3) is 0 Å². The number of carbonyl (C=O) groups excluding carboxylic acids is 2. The molecule has 2 fully saturated rings. The SMILES string of the molecule is COc1ccc([C@@H]2C(C(=O)OC[C@H]3CCCO3)=C(C)N=C3CC(C)(C)CC(=O)[C@@H]32)cc1. The molecule has 0 unspecified atom stereocenters. The highest BCUT2D eigenvalue weighted by molar-refractivity contribution is 6.12. The average Bonchev–Trinajstić information content (AvgIpc) is 3.24. The minimum atomic E-state index is -0.435. The summed E-state index contributed by atoms with van der Waals surface area (Å²) in [4.78, 5) is 31.3. The van der Waals surface area contributed by atoms with Gasteiger partial charge in [-0.1, -0.05) is 26.0 Å². The van der Waals surface area contributed by atoms with E-state index in [1.54, 1.807) is 7.11 Å². The molecule has 0 bridgehead atoms. The van der Waals surface area contributed by atoms with Gasteiger partial charge < -0.3 is 14.2 Å². The lowest BCUT2D eigenvalue weighted by Gasteiger charge is -2.41. The van der Waals surface area contributed by atoms with Gasteiger partial charge in [0.2, 0.25) is 0 Å². The Kier molecular flexibility index (Phi) is 6.02. The van der Waals surface area contributed by atoms with E-state index in [1.165, 1.54) is 0 Å². The molecule has 4 rings (SSSR count). The molecule has 0 N–H and O–H groups in total. The molecule has 3 aliphatic rings. The average molecular weight is 426 g/mol. The van der Waals surface area contributed by atoms with Crippen LogP contribution in [0.2, 0.25) is 0 Å². The van der Waals surface area contributed by atoms with Crippen molar-refractivity contribution in [3.05, 3.63) is 41.1 Å². The molecule has 0 amide bonds. The molecule has 1 aromatic rings. The molecular formula is C25H31NO5. The predicted molar refractivity (Wildman–Crippen MR) is 117 cm³/mol. The molecule has 6 nitrogen and oxygen atoms in total. The zero-order valence-electron chi connectivity index (χ0n) is 18.8. The van der Waals surface area contributed by atoms with Gasteiger partial charge in [-0.25, -0.2) is 4.79 Å². The first-order chi connectivity index (χ1) is 14.8. The van der Waals surface area contributed by atoms with Crippen molar-refractivity contribution in [2.75, 3.05) is 20.3 Å². The van der Waals surface area contributed by atoms with Crippen LogP contribution >= 0.6 is 0 Å². The zero-order valence-corrected chi connectivity index (χ0v) is 18.8. The molecule has 6 heteroatoms. The summed E-state index contributed by atoms with van der Waals surface area (Å²) in [6, 6.07) is 7.59. The summed E-state index contributed by atoms with van der Waals surface area (Å²) in [5, 5.41) is 0. The molecule has 166 valence electrons. The van der Waals surface area contributed by atoms with E-state index in [0.29, 0.717) is 24.3 Å². The Morgan fingerprint density at radius 3 is 2.58 bits per heavy atom. The van der Waals surface area contributed by atoms with E-state index in [9.17, 15) is 9.59 Å². The number of rotatable bonds is 5. The monoisotopic (exact) mass is 425 g/mol. The summed E-state index contributed by atoms with van der Waals surface area (Å²) in [5.74, 6) is -0.385. The molecule has 0 spiro atoms. The second-order valence-corrected chi connectivity index (χ2v) is 9.55. The van der Waals surface area contributed by atoms with Gasteiger partial charge in [0.15, 0.2) is 0 Å². The molecule has 0 radical (unpaired) electrons. The van der Waals surface area contributed by atoms with Crippen LogP contribution in [0, 0.1) is 11.3 Å². The van der Waals surface area contributed by atoms with E-state index < -0.39 is 17.8 Å². The van der Waals surface area contributed by atoms with Gasteiger partial charge >= 0.3 is 5.97 Å². The zero-order chi connectivity index (χ0) is 22.2. The first-order valence-electron chi connectivity index (χ1n) is 11.0. The van der Waals surface area contributed by atoms with Gasteiger partial charge in [0.1, 0.15) is 18.1 Å². The first kappa shape index (κ1) is 21.8. The van der Waals surface area contributed by atoms with Crippen LogP contribution in [0.15, 0.2) is 40.5 Å². The molecule has 1 saturated carbocycles. The molecule has 1 saturated heterocycles. The van der Waals surface area contributed by atoms with Crippen molar-refractivity contribution in [1.29, 1.82) is 0 Å². The van der Waals surface area contributed by atoms with Crippen LogP contribution < -0.4 is 4.74 Å². The van der Waals surface area contributed by atoms with Crippen LogP contribution in [0.5, 0.6) is 5.75 Å². The van der Waals surface area contributed by atoms with E-state index in [2.05, 4.69) is 13.8 Å². The second kappa shape index (κ2) is 8.58. The lowest BCUT2D eigenvalue weighted by molar-refractivity contribution is -0.142. The van der Waals surface area contributed by atoms with Gasteiger partial charge in [0.05, 0.1) is 24.7 Å². The predicted octanol–water partition coefficient (Wildman–Crippen LogP) is 4.23. The van der Waals surface area contributed by atoms with E-state index in [0.717, 1.165) is 36.3 Å². The number of hydrogen-bond acceptors (Lipinski definition) is 6. The third-order valence-corrected chi connectivity index (χ3v) is 6.48. The highest BCUT2D eigenvalue weighted by Crippen LogP contribution is 2.47. The molecule has 1 aromatic carbocycles. The van der Waals surface area contributed by atoms with Crippen LogP contribution in [-0.2, 0) is 19.1 Å². The fraction of sp³-hybridized carbons (Fsp3) is 0.560. The fourth-order valence-corrected chi connectivity index (χ4v) is 5.05. The topological polar surface area (TPSA) is 74.2 Å². The number of allylic oxidation sites excluding steroid dienone is 1. The number of aliphatic imine (C=N–C) groups is 1. The van der Waals surface area contributed by atoms with Gasteiger partial charge in [-0.2, -0.15) is 0 Å². The Balaban J connectivity index is 1.71. The second-order valence-electron chi connectivity index (χ2n) is 9.55. The summed E-state index contributed by atoms with van der Waals surface area (Å²) in [6.45, 7) is 6.97. The number of ether oxygens (including phenoxy) is 3. The Morgan fingerprint density at radius 2 is 1.94 bits per heavy atom. The summed E-state index contributed by atoms with van der Waals surface area (Å²) in [6.07, 6.45) is 3.04. The molecule has 1 aliphatic carbocycles. The van der Waals surface area contributed by atoms with Gasteiger partial charge in [-0.05, 0) is 49.3 Å². The standard InChI is InChI=1S/C25H31NO5/c1-15-21(24(28)31-14-18-6-5-11-30-18)22(16-7-9-17(29-4)10-8-16)23-19(26-15)12-25(2,3)13-20(23)27/h7-10,18,22-23H,5-6,11-14H2,1-4H3/t18-,22-,23-/m1/s1. The molecule has 2 heterocycles. The van der Waals surface area contributed by atoms with Crippen LogP contribution in [-0.4, -0.2) is 43.9 Å². The van der Waals surface area contributed by atoms with Crippen LogP contribution in [0.1, 0.15) is 57.9 Å². The van der Waals surface area contributed by atoms with Crippen LogP contribution in [0.25, 0.3) is 0 Å². The number of nitrogens with zero attached hydrogens (tertiary/aromatic N) is 1. The van der Waals surface area contributed by atoms with Crippen molar-refractivity contribution in [3.63, 3.8) is 0 Å². The number of benzene rings is 1. The number of Topliss-reactive ketones (excluding diaryl/α,β-unsaturated/α-hetero) is 1. The number of carbonyl (C=O) groups is 2. The Hall–Kier alpha value is -2.47. The Labute approximate surface area is 183 Å². The van der Waals surface area contributed by atoms with Crippen LogP contribution in [0.3, 0.4) is 0 Å². The summed E-state index contributed by atoms with van der Waals surface area (Å²) < 4.78 is 16.5. The first-order valence-corrected chi connectivity index (χ1v) is 11.0. The molecular weight excluding hydrogens is 394 g/mol. The summed E-state index contributed by atoms with van der Waals surface area (Å²) in [5.41, 5.74) is 2.75. The number of methoxy groups -OCH3 is 1. The number of ketones is 1. The number of hydrogen-bond donors (Lipinski definition) is 0. The number of fused-ring (bicyclic) bond motifs is 1. The maximum absolute atomic E-state index is 13.3. The van der Waals surface area contributed by atoms with Crippen LogP contribution in [0.4, 0.5) is 0 Å². The van der Waals surface area contributed by atoms with Crippen molar-refractivity contribution < 1.29 is 23.8 Å². The largest absolute Gasteiger partial charge is 0.497 e. The van der Waals surface area contributed by atoms with E-state index >= 15 is 0 Å². The van der Waals surface area contributed by atoms with Gasteiger partial charge in [-0.15, -0.1) is 0 Å². The smallest absolute Gasteiger partial charge is 0.336 e. The van der Waals surface area contributed by atoms with Crippen molar-refractivity contribution in [2.45, 2.75) is 58.5 Å². The lowest BCUT2D eigenvalue weighted by atomic mass is 9.63. The fourth-order valence-electron chi connectivity index (χ4n) is 5.05. The van der Waals surface area contributed by atoms with Gasteiger partial charge in [0, 0.05) is 30.4 Å². The molecule has 2 aliphatic heterocycles. The van der Waals surface area contributed by atoms with Crippen molar-refractivity contribution in [2.24, 2.45) is 16.3 Å². The van der Waals surface area contributed by atoms with E-state index in [4.69, 9.17) is 19.2 Å². The molecule has 3 atom stereocenters. The highest BCUT2D eigenvalue weighted by atomic mass is 16.6. The highest BCUT2D eigenvalue weighted by Gasteiger charge is 2.47. The minimum Gasteiger partial charge on any atom is -0.497 e. The molecule has 0 aromatic heterocycles. The van der Waals surface area contributed by atoms with Crippen molar-refractivity contribution >= 4 is 17.5 Å². The maximum atomic E-state index is 13.3. The maximum Gasteiger partial charge on any atom is 0.336 e. The normalized spacial score (nSPS) is 27.5. The lowest BCUT2D eigenvalue weighted by Crippen LogP contribution is -2.44. The van der Waals surface area contributed by atoms with E-state index in [1.807, 2.05) is 31.2 Å². The van der Waals surface area contributed by atoms with Crippen molar-refractivity contribution in [3.8, 4) is 5.75 Å².